The van der Waals surface area contributed by atoms with Crippen LogP contribution in [0, 0.1) is 6.92 Å². The van der Waals surface area contributed by atoms with Crippen LogP contribution in [0.3, 0.4) is 0 Å². The average Bonchev–Trinajstić information content (AvgIpc) is 3.26. The number of rotatable bonds is 5. The van der Waals surface area contributed by atoms with Crippen molar-refractivity contribution < 1.29 is 4.79 Å². The molecular formula is C19H22N6O. The van der Waals surface area contributed by atoms with E-state index in [0.717, 1.165) is 28.6 Å². The Morgan fingerprint density at radius 3 is 2.88 bits per heavy atom. The van der Waals surface area contributed by atoms with Gasteiger partial charge in [0.1, 0.15) is 0 Å². The summed E-state index contributed by atoms with van der Waals surface area (Å²) in [7, 11) is 0. The smallest absolute Gasteiger partial charge is 0.223 e. The number of amides is 1. The Kier molecular flexibility index (Phi) is 4.64. The highest BCUT2D eigenvalue weighted by molar-refractivity contribution is 5.82. The van der Waals surface area contributed by atoms with Crippen LogP contribution < -0.4 is 16.2 Å². The number of carbonyl (C=O) groups excluding carboxylic acids is 1. The maximum atomic E-state index is 12.3. The maximum Gasteiger partial charge on any atom is 0.223 e. The second-order valence-corrected chi connectivity index (χ2v) is 6.55. The molecule has 7 nitrogen and oxygen atoms in total. The van der Waals surface area contributed by atoms with Gasteiger partial charge in [-0.3, -0.25) is 14.5 Å². The maximum absolute atomic E-state index is 12.3. The number of aryl methyl sites for hydroxylation is 2. The van der Waals surface area contributed by atoms with Gasteiger partial charge >= 0.3 is 0 Å². The Morgan fingerprint density at radius 1 is 1.23 bits per heavy atom. The molecule has 1 amide bonds. The summed E-state index contributed by atoms with van der Waals surface area (Å²) >= 11 is 0. The van der Waals surface area contributed by atoms with Crippen LogP contribution in [-0.4, -0.2) is 26.8 Å². The number of fused-ring (bicyclic) bond motifs is 1. The van der Waals surface area contributed by atoms with Crippen LogP contribution >= 0.6 is 0 Å². The summed E-state index contributed by atoms with van der Waals surface area (Å²) in [5, 5.41) is 8.72. The highest BCUT2D eigenvalue weighted by Crippen LogP contribution is 2.20. The van der Waals surface area contributed by atoms with Crippen molar-refractivity contribution in [3.63, 3.8) is 0 Å². The number of pyridine rings is 1. The van der Waals surface area contributed by atoms with E-state index >= 15 is 0 Å². The zero-order valence-electron chi connectivity index (χ0n) is 14.6. The first-order valence-corrected chi connectivity index (χ1v) is 8.83. The van der Waals surface area contributed by atoms with Crippen molar-refractivity contribution in [2.24, 2.45) is 0 Å². The predicted molar refractivity (Wildman–Crippen MR) is 98.9 cm³/mol. The molecule has 0 radical (unpaired) electrons. The van der Waals surface area contributed by atoms with E-state index < -0.39 is 0 Å². The molecule has 2 atom stereocenters. The summed E-state index contributed by atoms with van der Waals surface area (Å²) in [6, 6.07) is 12.2. The van der Waals surface area contributed by atoms with Crippen LogP contribution in [-0.2, 0) is 11.3 Å². The molecule has 134 valence electrons. The van der Waals surface area contributed by atoms with Crippen LogP contribution in [0.5, 0.6) is 0 Å². The molecule has 1 aliphatic heterocycles. The van der Waals surface area contributed by atoms with Gasteiger partial charge in [-0.25, -0.2) is 10.9 Å². The van der Waals surface area contributed by atoms with E-state index in [1.54, 1.807) is 12.4 Å². The molecule has 0 bridgehead atoms. The second kappa shape index (κ2) is 7.23. The molecule has 26 heavy (non-hydrogen) atoms. The largest absolute Gasteiger partial charge is 0.339 e. The van der Waals surface area contributed by atoms with Gasteiger partial charge in [-0.15, -0.1) is 0 Å². The Labute approximate surface area is 151 Å². The van der Waals surface area contributed by atoms with Crippen LogP contribution in [0.15, 0.2) is 48.8 Å². The average molecular weight is 350 g/mol. The number of nitrogens with zero attached hydrogens (tertiary/aromatic N) is 3. The molecule has 0 spiro atoms. The fourth-order valence-electron chi connectivity index (χ4n) is 3.40. The fraction of sp³-hybridized carbons (Fsp3) is 0.316. The second-order valence-electron chi connectivity index (χ2n) is 6.55. The van der Waals surface area contributed by atoms with Crippen molar-refractivity contribution in [1.82, 2.24) is 30.9 Å². The van der Waals surface area contributed by atoms with Gasteiger partial charge in [0, 0.05) is 36.7 Å². The summed E-state index contributed by atoms with van der Waals surface area (Å²) < 4.78 is 1.91. The molecule has 0 aliphatic carbocycles. The summed E-state index contributed by atoms with van der Waals surface area (Å²) in [5.41, 5.74) is 9.57. The van der Waals surface area contributed by atoms with E-state index in [9.17, 15) is 4.79 Å². The molecule has 3 heterocycles. The van der Waals surface area contributed by atoms with E-state index in [4.69, 9.17) is 0 Å². The van der Waals surface area contributed by atoms with Crippen molar-refractivity contribution in [1.29, 1.82) is 0 Å². The lowest BCUT2D eigenvalue weighted by atomic mass is 10.1. The van der Waals surface area contributed by atoms with Crippen LogP contribution in [0.4, 0.5) is 0 Å². The Morgan fingerprint density at radius 2 is 2.04 bits per heavy atom. The SMILES string of the molecule is Cc1nn(CCC(=O)NC2CC(c3ccncc3)NN2)c2ccccc12. The summed E-state index contributed by atoms with van der Waals surface area (Å²) in [6.45, 7) is 2.56. The predicted octanol–water partition coefficient (Wildman–Crippen LogP) is 1.81. The molecule has 3 N–H and O–H groups in total. The number of benzene rings is 1. The standard InChI is InChI=1S/C19H22N6O/c1-13-15-4-2-3-5-17(15)25(24-13)11-8-19(26)21-18-12-16(22-23-18)14-6-9-20-10-7-14/h2-7,9-10,16,18,22-23H,8,11-12H2,1H3,(H,21,26). The third-order valence-corrected chi connectivity index (χ3v) is 4.74. The van der Waals surface area contributed by atoms with Gasteiger partial charge in [0.2, 0.25) is 5.91 Å². The fourth-order valence-corrected chi connectivity index (χ4v) is 3.40. The number of para-hydroxylation sites is 1. The quantitative estimate of drug-likeness (QED) is 0.654. The minimum atomic E-state index is -0.0863. The zero-order chi connectivity index (χ0) is 17.9. The normalized spacial score (nSPS) is 19.7. The lowest BCUT2D eigenvalue weighted by Crippen LogP contribution is -2.44. The van der Waals surface area contributed by atoms with Gasteiger partial charge in [0.15, 0.2) is 0 Å². The van der Waals surface area contributed by atoms with Crippen molar-refractivity contribution in [3.8, 4) is 0 Å². The van der Waals surface area contributed by atoms with Gasteiger partial charge in [-0.2, -0.15) is 5.10 Å². The Balaban J connectivity index is 1.32. The number of carbonyl (C=O) groups is 1. The van der Waals surface area contributed by atoms with Crippen molar-refractivity contribution >= 4 is 16.8 Å². The lowest BCUT2D eigenvalue weighted by Gasteiger charge is -2.12. The molecule has 0 saturated carbocycles. The van der Waals surface area contributed by atoms with Crippen LogP contribution in [0.2, 0.25) is 0 Å². The first-order chi connectivity index (χ1) is 12.7. The topological polar surface area (TPSA) is 83.9 Å². The molecule has 1 aliphatic rings. The molecule has 1 aromatic carbocycles. The molecule has 1 fully saturated rings. The van der Waals surface area contributed by atoms with Gasteiger partial charge < -0.3 is 5.32 Å². The number of hydrogen-bond donors (Lipinski definition) is 3. The molecular weight excluding hydrogens is 328 g/mol. The number of hydrazine groups is 1. The molecule has 7 heteroatoms. The van der Waals surface area contributed by atoms with E-state index in [1.165, 1.54) is 0 Å². The van der Waals surface area contributed by atoms with Gasteiger partial charge in [0.25, 0.3) is 0 Å². The van der Waals surface area contributed by atoms with E-state index in [0.29, 0.717) is 13.0 Å². The third kappa shape index (κ3) is 3.44. The molecule has 1 saturated heterocycles. The van der Waals surface area contributed by atoms with Gasteiger partial charge in [-0.1, -0.05) is 18.2 Å². The first-order valence-electron chi connectivity index (χ1n) is 8.83. The van der Waals surface area contributed by atoms with E-state index in [2.05, 4.69) is 32.3 Å². The van der Waals surface area contributed by atoms with Crippen molar-refractivity contribution in [2.45, 2.75) is 38.5 Å². The van der Waals surface area contributed by atoms with Crippen LogP contribution in [0.1, 0.15) is 30.1 Å². The number of hydrogen-bond acceptors (Lipinski definition) is 5. The van der Waals surface area contributed by atoms with Crippen molar-refractivity contribution in [3.05, 3.63) is 60.0 Å². The van der Waals surface area contributed by atoms with E-state index in [-0.39, 0.29) is 18.1 Å². The minimum absolute atomic E-state index is 0.0110. The summed E-state index contributed by atoms with van der Waals surface area (Å²) in [4.78, 5) is 16.4. The van der Waals surface area contributed by atoms with Gasteiger partial charge in [0.05, 0.1) is 23.9 Å². The van der Waals surface area contributed by atoms with E-state index in [1.807, 2.05) is 41.9 Å². The number of nitrogens with one attached hydrogen (secondary N) is 3. The minimum Gasteiger partial charge on any atom is -0.339 e. The molecule has 2 unspecified atom stereocenters. The molecule has 2 aromatic heterocycles. The van der Waals surface area contributed by atoms with Gasteiger partial charge in [-0.05, 0) is 30.7 Å². The lowest BCUT2D eigenvalue weighted by molar-refractivity contribution is -0.122. The zero-order valence-corrected chi connectivity index (χ0v) is 14.6. The molecule has 4 rings (SSSR count). The summed E-state index contributed by atoms with van der Waals surface area (Å²) in [5.74, 6) is 0.0110. The number of aromatic nitrogens is 3. The Bertz CT molecular complexity index is 907. The van der Waals surface area contributed by atoms with Crippen LogP contribution in [0.25, 0.3) is 10.9 Å². The highest BCUT2D eigenvalue weighted by atomic mass is 16.1. The summed E-state index contributed by atoms with van der Waals surface area (Å²) in [6.07, 6.45) is 4.65. The first kappa shape index (κ1) is 16.7. The monoisotopic (exact) mass is 350 g/mol. The molecule has 3 aromatic rings. The van der Waals surface area contributed by atoms with Crippen molar-refractivity contribution in [2.75, 3.05) is 0 Å². The Hall–Kier alpha value is -2.77. The highest BCUT2D eigenvalue weighted by Gasteiger charge is 2.25. The third-order valence-electron chi connectivity index (χ3n) is 4.74.